The maximum absolute atomic E-state index is 11.2. The Morgan fingerprint density at radius 3 is 2.29 bits per heavy atom. The quantitative estimate of drug-likeness (QED) is 0.646. The summed E-state index contributed by atoms with van der Waals surface area (Å²) in [4.78, 5) is 9.52. The van der Waals surface area contributed by atoms with Gasteiger partial charge in [0.2, 0.25) is 12.3 Å². The highest BCUT2D eigenvalue weighted by molar-refractivity contribution is 7.86. The van der Waals surface area contributed by atoms with Crippen LogP contribution >= 0.6 is 0 Å². The van der Waals surface area contributed by atoms with Crippen LogP contribution in [0.25, 0.3) is 0 Å². The first-order valence-corrected chi connectivity index (χ1v) is 7.99. The Kier molecular flexibility index (Phi) is 3.87. The number of anilines is 2. The second kappa shape index (κ2) is 5.33. The highest BCUT2D eigenvalue weighted by Gasteiger charge is 2.18. The van der Waals surface area contributed by atoms with Gasteiger partial charge >= 0.3 is 10.1 Å². The van der Waals surface area contributed by atoms with Gasteiger partial charge < -0.3 is 5.32 Å². The number of benzene rings is 1. The van der Waals surface area contributed by atoms with Crippen molar-refractivity contribution in [1.82, 2.24) is 15.0 Å². The van der Waals surface area contributed by atoms with Crippen molar-refractivity contribution in [3.8, 4) is 0 Å². The molecular formula is C9H7N4O6S2. The van der Waals surface area contributed by atoms with Crippen LogP contribution in [0.5, 0.6) is 0 Å². The van der Waals surface area contributed by atoms with E-state index in [9.17, 15) is 16.8 Å². The fourth-order valence-electron chi connectivity index (χ4n) is 1.34. The van der Waals surface area contributed by atoms with Crippen molar-refractivity contribution in [3.63, 3.8) is 0 Å². The second-order valence-electron chi connectivity index (χ2n) is 3.61. The molecule has 0 amide bonds. The zero-order chi connectivity index (χ0) is 15.7. The van der Waals surface area contributed by atoms with Gasteiger partial charge in [0.25, 0.3) is 15.3 Å². The molecule has 0 aliphatic rings. The first-order valence-electron chi connectivity index (χ1n) is 5.11. The number of hydrogen-bond acceptors (Lipinski definition) is 8. The lowest BCUT2D eigenvalue weighted by molar-refractivity contribution is 0.473. The summed E-state index contributed by atoms with van der Waals surface area (Å²) in [6, 6.07) is 5.25. The molecule has 1 radical (unpaired) electrons. The van der Waals surface area contributed by atoms with Gasteiger partial charge in [-0.2, -0.15) is 31.8 Å². The lowest BCUT2D eigenvalue weighted by Gasteiger charge is -2.08. The SMILES string of the molecule is O=S(=O)(O)c1n[c]nc(Nc2ccccc2S(=O)(=O)O)n1. The van der Waals surface area contributed by atoms with Crippen molar-refractivity contribution in [2.45, 2.75) is 10.1 Å². The molecule has 0 saturated heterocycles. The zero-order valence-electron chi connectivity index (χ0n) is 9.99. The van der Waals surface area contributed by atoms with Crippen LogP contribution in [0.1, 0.15) is 0 Å². The zero-order valence-corrected chi connectivity index (χ0v) is 11.6. The van der Waals surface area contributed by atoms with Crippen molar-refractivity contribution >= 4 is 31.9 Å². The Labute approximate surface area is 119 Å². The first-order chi connectivity index (χ1) is 9.68. The molecule has 1 heterocycles. The lowest BCUT2D eigenvalue weighted by Crippen LogP contribution is -2.09. The number of hydrogen-bond donors (Lipinski definition) is 3. The van der Waals surface area contributed by atoms with Gasteiger partial charge in [-0.15, -0.1) is 0 Å². The van der Waals surface area contributed by atoms with Gasteiger partial charge in [0.05, 0.1) is 5.69 Å². The summed E-state index contributed by atoms with van der Waals surface area (Å²) in [6.07, 6.45) is 1.94. The Morgan fingerprint density at radius 2 is 1.67 bits per heavy atom. The van der Waals surface area contributed by atoms with Crippen molar-refractivity contribution in [2.75, 3.05) is 5.32 Å². The lowest BCUT2D eigenvalue weighted by atomic mass is 10.3. The van der Waals surface area contributed by atoms with Crippen LogP contribution in [0.4, 0.5) is 11.6 Å². The van der Waals surface area contributed by atoms with Crippen LogP contribution in [0.2, 0.25) is 0 Å². The van der Waals surface area contributed by atoms with E-state index in [1.54, 1.807) is 0 Å². The minimum Gasteiger partial charge on any atom is -0.323 e. The number of rotatable bonds is 4. The van der Waals surface area contributed by atoms with Crippen LogP contribution < -0.4 is 5.32 Å². The Bertz CT molecular complexity index is 881. The van der Waals surface area contributed by atoms with Gasteiger partial charge in [-0.3, -0.25) is 9.11 Å². The maximum Gasteiger partial charge on any atom is 0.330 e. The van der Waals surface area contributed by atoms with E-state index in [-0.39, 0.29) is 11.6 Å². The molecule has 0 aliphatic heterocycles. The van der Waals surface area contributed by atoms with Crippen molar-refractivity contribution in [1.29, 1.82) is 0 Å². The van der Waals surface area contributed by atoms with E-state index in [2.05, 4.69) is 20.3 Å². The van der Waals surface area contributed by atoms with E-state index in [4.69, 9.17) is 9.11 Å². The van der Waals surface area contributed by atoms with E-state index in [0.717, 1.165) is 6.07 Å². The smallest absolute Gasteiger partial charge is 0.323 e. The highest BCUT2D eigenvalue weighted by atomic mass is 32.2. The third-order valence-corrected chi connectivity index (χ3v) is 3.70. The predicted molar refractivity (Wildman–Crippen MR) is 68.0 cm³/mol. The molecule has 111 valence electrons. The molecule has 2 rings (SSSR count). The summed E-state index contributed by atoms with van der Waals surface area (Å²) in [7, 11) is -9.16. The molecule has 0 bridgehead atoms. The molecule has 1 aromatic heterocycles. The van der Waals surface area contributed by atoms with Crippen molar-refractivity contribution in [2.24, 2.45) is 0 Å². The summed E-state index contributed by atoms with van der Waals surface area (Å²) >= 11 is 0. The van der Waals surface area contributed by atoms with Gasteiger partial charge in [-0.1, -0.05) is 12.1 Å². The summed E-state index contributed by atoms with van der Waals surface area (Å²) in [6.45, 7) is 0. The normalized spacial score (nSPS) is 12.1. The third-order valence-electron chi connectivity index (χ3n) is 2.15. The van der Waals surface area contributed by atoms with Crippen molar-refractivity contribution in [3.05, 3.63) is 30.6 Å². The van der Waals surface area contributed by atoms with E-state index in [1.165, 1.54) is 18.2 Å². The summed E-state index contributed by atoms with van der Waals surface area (Å²) in [5.41, 5.74) is -0.0964. The van der Waals surface area contributed by atoms with Crippen LogP contribution in [0.3, 0.4) is 0 Å². The fourth-order valence-corrected chi connectivity index (χ4v) is 2.35. The predicted octanol–water partition coefficient (Wildman–Crippen LogP) is -0.0912. The molecule has 0 spiro atoms. The van der Waals surface area contributed by atoms with Gasteiger partial charge in [0, 0.05) is 0 Å². The van der Waals surface area contributed by atoms with E-state index in [0.29, 0.717) is 0 Å². The molecule has 10 nitrogen and oxygen atoms in total. The minimum absolute atomic E-state index is 0.0964. The first kappa shape index (κ1) is 15.2. The van der Waals surface area contributed by atoms with Crippen molar-refractivity contribution < 1.29 is 25.9 Å². The topological polar surface area (TPSA) is 159 Å². The Hall–Kier alpha value is -2.15. The van der Waals surface area contributed by atoms with E-state index < -0.39 is 30.3 Å². The van der Waals surface area contributed by atoms with Gasteiger partial charge in [0.1, 0.15) is 4.90 Å². The van der Waals surface area contributed by atoms with Crippen LogP contribution in [-0.4, -0.2) is 40.9 Å². The van der Waals surface area contributed by atoms with E-state index >= 15 is 0 Å². The summed E-state index contributed by atoms with van der Waals surface area (Å²) < 4.78 is 62.0. The molecule has 12 heteroatoms. The number of para-hydroxylation sites is 1. The molecule has 0 saturated carbocycles. The third kappa shape index (κ3) is 3.69. The average molecular weight is 331 g/mol. The number of nitrogens with one attached hydrogen (secondary N) is 1. The largest absolute Gasteiger partial charge is 0.330 e. The maximum atomic E-state index is 11.2. The molecule has 0 atom stereocenters. The number of nitrogens with zero attached hydrogens (tertiary/aromatic N) is 3. The minimum atomic E-state index is -4.66. The summed E-state index contributed by atoms with van der Waals surface area (Å²) in [5, 5.41) is 1.43. The van der Waals surface area contributed by atoms with Crippen LogP contribution in [-0.2, 0) is 20.2 Å². The molecule has 0 unspecified atom stereocenters. The Balaban J connectivity index is 2.45. The summed E-state index contributed by atoms with van der Waals surface area (Å²) in [5.74, 6) is -0.381. The standard InChI is InChI=1S/C9H7N4O6S2/c14-20(15,16)7-4-2-1-3-6(7)12-8-10-5-11-9(13-8)21(17,18)19/h1-4H,(H,14,15,16)(H,17,18,19)(H,10,11,12,13). The highest BCUT2D eigenvalue weighted by Crippen LogP contribution is 2.22. The molecule has 21 heavy (non-hydrogen) atoms. The average Bonchev–Trinajstić information content (AvgIpc) is 2.37. The molecule has 3 N–H and O–H groups in total. The molecule has 1 aromatic carbocycles. The molecule has 2 aromatic rings. The molecular weight excluding hydrogens is 324 g/mol. The van der Waals surface area contributed by atoms with Gasteiger partial charge in [-0.25, -0.2) is 0 Å². The van der Waals surface area contributed by atoms with Crippen LogP contribution in [0, 0.1) is 6.33 Å². The second-order valence-corrected chi connectivity index (χ2v) is 6.32. The van der Waals surface area contributed by atoms with Crippen LogP contribution in [0.15, 0.2) is 34.3 Å². The Morgan fingerprint density at radius 1 is 1.00 bits per heavy atom. The molecule has 0 aliphatic carbocycles. The fraction of sp³-hybridized carbons (Fsp3) is 0. The monoisotopic (exact) mass is 331 g/mol. The van der Waals surface area contributed by atoms with E-state index in [1.807, 2.05) is 6.33 Å². The molecule has 0 fully saturated rings. The van der Waals surface area contributed by atoms with Gasteiger partial charge in [0.15, 0.2) is 0 Å². The number of aromatic nitrogens is 3. The van der Waals surface area contributed by atoms with Gasteiger partial charge in [-0.05, 0) is 12.1 Å².